The number of hydrogen-bond acceptors (Lipinski definition) is 8. The number of carbonyl (C=O) groups is 3. The molecule has 0 bridgehead atoms. The van der Waals surface area contributed by atoms with E-state index in [2.05, 4.69) is 19.8 Å². The fourth-order valence-corrected chi connectivity index (χ4v) is 7.36. The SMILES string of the molecule is Cc1ccc(N(CCCN2CC3CN(C(=O)c4c(C)ncnc4C)CC3C2)C(=O)C2CCN(CC(=O)OC(C)(C)C)CC2)cc1Cl. The van der Waals surface area contributed by atoms with E-state index in [1.54, 1.807) is 0 Å². The van der Waals surface area contributed by atoms with Crippen LogP contribution in [0, 0.1) is 38.5 Å². The fraction of sp³-hybridized carbons (Fsp3) is 0.629. The van der Waals surface area contributed by atoms with Gasteiger partial charge in [-0.2, -0.15) is 0 Å². The van der Waals surface area contributed by atoms with E-state index in [0.29, 0.717) is 54.9 Å². The summed E-state index contributed by atoms with van der Waals surface area (Å²) in [6.07, 6.45) is 3.77. The van der Waals surface area contributed by atoms with E-state index in [-0.39, 0.29) is 30.2 Å². The van der Waals surface area contributed by atoms with Gasteiger partial charge in [-0.15, -0.1) is 0 Å². The number of fused-ring (bicyclic) bond motifs is 1. The largest absolute Gasteiger partial charge is 0.459 e. The molecule has 3 fully saturated rings. The maximum absolute atomic E-state index is 14.0. The van der Waals surface area contributed by atoms with Crippen LogP contribution in [0.4, 0.5) is 5.69 Å². The number of carbonyl (C=O) groups excluding carboxylic acids is 3. The maximum atomic E-state index is 14.0. The number of likely N-dealkylation sites (tertiary alicyclic amines) is 3. The van der Waals surface area contributed by atoms with Crippen molar-refractivity contribution in [1.29, 1.82) is 0 Å². The Kier molecular flexibility index (Phi) is 10.7. The number of aromatic nitrogens is 2. The highest BCUT2D eigenvalue weighted by atomic mass is 35.5. The molecule has 1 aromatic heterocycles. The number of anilines is 1. The van der Waals surface area contributed by atoms with Gasteiger partial charge in [0.05, 0.1) is 23.5 Å². The molecule has 2 aromatic rings. The topological polar surface area (TPSA) is 99.2 Å². The van der Waals surface area contributed by atoms with Crippen molar-refractivity contribution in [2.45, 2.75) is 66.4 Å². The van der Waals surface area contributed by atoms with Gasteiger partial charge in [-0.05, 0) is 110 Å². The monoisotopic (exact) mass is 652 g/mol. The van der Waals surface area contributed by atoms with Gasteiger partial charge in [-0.1, -0.05) is 17.7 Å². The number of amides is 2. The van der Waals surface area contributed by atoms with Crippen LogP contribution in [0.2, 0.25) is 5.02 Å². The number of piperidine rings is 1. The molecule has 0 saturated carbocycles. The zero-order chi connectivity index (χ0) is 33.2. The number of benzene rings is 1. The molecule has 46 heavy (non-hydrogen) atoms. The van der Waals surface area contributed by atoms with Crippen molar-refractivity contribution in [1.82, 2.24) is 24.7 Å². The van der Waals surface area contributed by atoms with Crippen LogP contribution in [0.5, 0.6) is 0 Å². The maximum Gasteiger partial charge on any atom is 0.320 e. The van der Waals surface area contributed by atoms with Crippen LogP contribution in [0.15, 0.2) is 24.5 Å². The molecule has 4 heterocycles. The standard InChI is InChI=1S/C35H49ClN6O4/c1-23-8-9-29(16-30(23)36)42(33(44)26-10-14-39(15-11-26)21-31(43)46-35(4,5)6)13-7-12-40-17-27-19-41(20-28(27)18-40)34(45)32-24(2)37-22-38-25(32)3/h8-9,16,22,26-28H,7,10-15,17-21H2,1-6H3. The molecule has 250 valence electrons. The van der Waals surface area contributed by atoms with Gasteiger partial charge >= 0.3 is 5.97 Å². The summed E-state index contributed by atoms with van der Waals surface area (Å²) < 4.78 is 5.49. The Bertz CT molecular complexity index is 1400. The second kappa shape index (κ2) is 14.4. The molecule has 3 saturated heterocycles. The molecule has 0 spiro atoms. The molecule has 2 atom stereocenters. The summed E-state index contributed by atoms with van der Waals surface area (Å²) in [4.78, 5) is 56.6. The number of ether oxygens (including phenoxy) is 1. The lowest BCUT2D eigenvalue weighted by Gasteiger charge is -2.34. The number of esters is 1. The first kappa shape index (κ1) is 34.3. The van der Waals surface area contributed by atoms with Crippen LogP contribution in [0.3, 0.4) is 0 Å². The van der Waals surface area contributed by atoms with Gasteiger partial charge in [-0.25, -0.2) is 9.97 Å². The van der Waals surface area contributed by atoms with Crippen molar-refractivity contribution in [3.05, 3.63) is 52.1 Å². The first-order valence-corrected chi connectivity index (χ1v) is 17.0. The molecule has 0 aliphatic carbocycles. The third kappa shape index (κ3) is 8.25. The number of nitrogens with zero attached hydrogens (tertiary/aromatic N) is 6. The van der Waals surface area contributed by atoms with E-state index in [1.807, 2.05) is 69.5 Å². The van der Waals surface area contributed by atoms with E-state index in [4.69, 9.17) is 16.3 Å². The van der Waals surface area contributed by atoms with Gasteiger partial charge in [0.2, 0.25) is 5.91 Å². The zero-order valence-corrected chi connectivity index (χ0v) is 29.0. The smallest absolute Gasteiger partial charge is 0.320 e. The van der Waals surface area contributed by atoms with Gasteiger partial charge in [0.15, 0.2) is 0 Å². The Balaban J connectivity index is 1.14. The second-order valence-corrected chi connectivity index (χ2v) is 14.7. The summed E-state index contributed by atoms with van der Waals surface area (Å²) >= 11 is 6.51. The number of rotatable bonds is 9. The minimum absolute atomic E-state index is 0.0399. The Hall–Kier alpha value is -3.08. The minimum atomic E-state index is -0.509. The van der Waals surface area contributed by atoms with Crippen LogP contribution in [-0.4, -0.2) is 107 Å². The highest BCUT2D eigenvalue weighted by Crippen LogP contribution is 2.33. The molecular formula is C35H49ClN6O4. The fourth-order valence-electron chi connectivity index (χ4n) is 7.18. The van der Waals surface area contributed by atoms with Gasteiger partial charge < -0.3 is 19.4 Å². The summed E-state index contributed by atoms with van der Waals surface area (Å²) in [7, 11) is 0. The van der Waals surface area contributed by atoms with E-state index < -0.39 is 5.60 Å². The average molecular weight is 653 g/mol. The average Bonchev–Trinajstić information content (AvgIpc) is 3.55. The van der Waals surface area contributed by atoms with Crippen LogP contribution in [0.1, 0.15) is 67.3 Å². The Labute approximate surface area is 278 Å². The quantitative estimate of drug-likeness (QED) is 0.365. The van der Waals surface area contributed by atoms with Crippen molar-refractivity contribution in [3.63, 3.8) is 0 Å². The summed E-state index contributed by atoms with van der Waals surface area (Å²) in [6.45, 7) is 17.9. The molecule has 1 aromatic carbocycles. The van der Waals surface area contributed by atoms with E-state index in [9.17, 15) is 14.4 Å². The van der Waals surface area contributed by atoms with Crippen molar-refractivity contribution in [2.75, 3.05) is 63.8 Å². The van der Waals surface area contributed by atoms with E-state index in [1.165, 1.54) is 6.33 Å². The van der Waals surface area contributed by atoms with Crippen molar-refractivity contribution >= 4 is 35.1 Å². The van der Waals surface area contributed by atoms with E-state index in [0.717, 1.165) is 61.8 Å². The molecule has 0 N–H and O–H groups in total. The van der Waals surface area contributed by atoms with Crippen LogP contribution in [0.25, 0.3) is 0 Å². The van der Waals surface area contributed by atoms with Crippen LogP contribution in [-0.2, 0) is 14.3 Å². The molecular weight excluding hydrogens is 604 g/mol. The van der Waals surface area contributed by atoms with Gasteiger partial charge in [-0.3, -0.25) is 19.3 Å². The highest BCUT2D eigenvalue weighted by molar-refractivity contribution is 6.31. The van der Waals surface area contributed by atoms with Crippen LogP contribution < -0.4 is 4.90 Å². The molecule has 3 aliphatic rings. The first-order valence-electron chi connectivity index (χ1n) is 16.6. The summed E-state index contributed by atoms with van der Waals surface area (Å²) in [5.74, 6) is 0.738. The Morgan fingerprint density at radius 2 is 1.59 bits per heavy atom. The van der Waals surface area contributed by atoms with Crippen molar-refractivity contribution in [2.24, 2.45) is 17.8 Å². The molecule has 3 aliphatic heterocycles. The van der Waals surface area contributed by atoms with Gasteiger partial charge in [0.1, 0.15) is 11.9 Å². The lowest BCUT2D eigenvalue weighted by molar-refractivity contribution is -0.156. The molecule has 2 unspecified atom stereocenters. The third-order valence-electron chi connectivity index (χ3n) is 9.59. The summed E-state index contributed by atoms with van der Waals surface area (Å²) in [5, 5.41) is 0.654. The first-order chi connectivity index (χ1) is 21.8. The predicted octanol–water partition coefficient (Wildman–Crippen LogP) is 4.54. The molecule has 5 rings (SSSR count). The molecule has 0 radical (unpaired) electrons. The lowest BCUT2D eigenvalue weighted by atomic mass is 9.94. The highest BCUT2D eigenvalue weighted by Gasteiger charge is 2.42. The molecule has 10 nitrogen and oxygen atoms in total. The summed E-state index contributed by atoms with van der Waals surface area (Å²) in [6, 6.07) is 5.86. The van der Waals surface area contributed by atoms with Crippen LogP contribution >= 0.6 is 11.6 Å². The zero-order valence-electron chi connectivity index (χ0n) is 28.2. The predicted molar refractivity (Wildman–Crippen MR) is 179 cm³/mol. The lowest BCUT2D eigenvalue weighted by Crippen LogP contribution is -2.45. The minimum Gasteiger partial charge on any atom is -0.459 e. The van der Waals surface area contributed by atoms with Crippen molar-refractivity contribution in [3.8, 4) is 0 Å². The van der Waals surface area contributed by atoms with Gasteiger partial charge in [0, 0.05) is 49.4 Å². The van der Waals surface area contributed by atoms with Crippen molar-refractivity contribution < 1.29 is 19.1 Å². The summed E-state index contributed by atoms with van der Waals surface area (Å²) in [5.41, 5.74) is 3.40. The number of hydrogen-bond donors (Lipinski definition) is 0. The normalized spacial score (nSPS) is 21.0. The van der Waals surface area contributed by atoms with Gasteiger partial charge in [0.25, 0.3) is 5.91 Å². The third-order valence-corrected chi connectivity index (χ3v) is 10.00. The Morgan fingerprint density at radius 3 is 2.17 bits per heavy atom. The Morgan fingerprint density at radius 1 is 0.957 bits per heavy atom. The second-order valence-electron chi connectivity index (χ2n) is 14.3. The number of aryl methyl sites for hydroxylation is 3. The molecule has 11 heteroatoms. The number of halogens is 1. The molecule has 2 amide bonds. The van der Waals surface area contributed by atoms with E-state index >= 15 is 0 Å².